The predicted octanol–water partition coefficient (Wildman–Crippen LogP) is 4.04. The van der Waals surface area contributed by atoms with Gasteiger partial charge in [0.1, 0.15) is 0 Å². The molecular weight excluding hydrogens is 191 g/mol. The van der Waals surface area contributed by atoms with Crippen LogP contribution in [0.15, 0.2) is 12.1 Å². The summed E-state index contributed by atoms with van der Waals surface area (Å²) in [5, 5.41) is 0. The second kappa shape index (κ2) is 4.65. The van der Waals surface area contributed by atoms with Crippen molar-refractivity contribution >= 4 is 0 Å². The summed E-state index contributed by atoms with van der Waals surface area (Å²) < 4.78 is 19.0. The van der Waals surface area contributed by atoms with Crippen molar-refractivity contribution in [2.75, 3.05) is 0 Å². The normalized spacial score (nSPS) is 11.2. The Hall–Kier alpha value is -1.05. The summed E-state index contributed by atoms with van der Waals surface area (Å²) >= 11 is 0. The van der Waals surface area contributed by atoms with E-state index in [9.17, 15) is 4.39 Å². The fraction of sp³-hybridized carbons (Fsp3) is 0.538. The molecule has 0 amide bonds. The molecule has 0 bridgehead atoms. The Morgan fingerprint density at radius 2 is 1.73 bits per heavy atom. The molecule has 0 aromatic heterocycles. The molecule has 1 nitrogen and oxygen atoms in total. The van der Waals surface area contributed by atoms with E-state index in [1.165, 1.54) is 0 Å². The number of hydrogen-bond acceptors (Lipinski definition) is 1. The van der Waals surface area contributed by atoms with Gasteiger partial charge in [-0.3, -0.25) is 0 Å². The molecule has 0 spiro atoms. The largest absolute Gasteiger partial charge is 0.488 e. The topological polar surface area (TPSA) is 9.23 Å². The number of aryl methyl sites for hydroxylation is 1. The standard InChI is InChI=1S/C13H19FO/c1-8(2)11-7-12(14)13(6-10(11)5)15-9(3)4/h6-9H,1-5H3. The second-order valence-electron chi connectivity index (χ2n) is 4.46. The molecule has 2 heteroatoms. The van der Waals surface area contributed by atoms with Crippen molar-refractivity contribution < 1.29 is 9.13 Å². The highest BCUT2D eigenvalue weighted by atomic mass is 19.1. The lowest BCUT2D eigenvalue weighted by molar-refractivity contribution is 0.231. The lowest BCUT2D eigenvalue weighted by atomic mass is 9.98. The third kappa shape index (κ3) is 2.95. The van der Waals surface area contributed by atoms with E-state index in [0.29, 0.717) is 11.7 Å². The summed E-state index contributed by atoms with van der Waals surface area (Å²) in [5.41, 5.74) is 2.13. The van der Waals surface area contributed by atoms with Crippen LogP contribution in [0.4, 0.5) is 4.39 Å². The number of rotatable bonds is 3. The number of ether oxygens (including phenoxy) is 1. The van der Waals surface area contributed by atoms with E-state index >= 15 is 0 Å². The zero-order valence-corrected chi connectivity index (χ0v) is 10.1. The van der Waals surface area contributed by atoms with Crippen molar-refractivity contribution in [2.45, 2.75) is 46.6 Å². The molecule has 0 unspecified atom stereocenters. The fourth-order valence-corrected chi connectivity index (χ4v) is 1.64. The molecule has 15 heavy (non-hydrogen) atoms. The molecule has 0 radical (unpaired) electrons. The number of hydrogen-bond donors (Lipinski definition) is 0. The molecule has 1 aromatic rings. The summed E-state index contributed by atoms with van der Waals surface area (Å²) in [6, 6.07) is 3.36. The van der Waals surface area contributed by atoms with Crippen LogP contribution in [0, 0.1) is 12.7 Å². The first-order chi connectivity index (χ1) is 6.91. The highest BCUT2D eigenvalue weighted by molar-refractivity contribution is 5.37. The Balaban J connectivity index is 3.08. The second-order valence-corrected chi connectivity index (χ2v) is 4.46. The van der Waals surface area contributed by atoms with Gasteiger partial charge in [-0.15, -0.1) is 0 Å². The number of halogens is 1. The van der Waals surface area contributed by atoms with Crippen LogP contribution in [0.1, 0.15) is 44.7 Å². The van der Waals surface area contributed by atoms with Crippen LogP contribution < -0.4 is 4.74 Å². The van der Waals surface area contributed by atoms with Gasteiger partial charge in [-0.05, 0) is 49.9 Å². The van der Waals surface area contributed by atoms with Crippen LogP contribution in [0.3, 0.4) is 0 Å². The summed E-state index contributed by atoms with van der Waals surface area (Å²) in [5.74, 6) is 0.428. The van der Waals surface area contributed by atoms with E-state index < -0.39 is 0 Å². The van der Waals surface area contributed by atoms with E-state index in [1.807, 2.05) is 20.8 Å². The van der Waals surface area contributed by atoms with Crippen LogP contribution in [-0.4, -0.2) is 6.10 Å². The van der Waals surface area contributed by atoms with Gasteiger partial charge < -0.3 is 4.74 Å². The maximum Gasteiger partial charge on any atom is 0.165 e. The summed E-state index contributed by atoms with van der Waals surface area (Å²) in [6.07, 6.45) is 0.00352. The van der Waals surface area contributed by atoms with Crippen LogP contribution in [0.2, 0.25) is 0 Å². The molecule has 0 aliphatic rings. The van der Waals surface area contributed by atoms with Crippen molar-refractivity contribution in [3.8, 4) is 5.75 Å². The van der Waals surface area contributed by atoms with E-state index in [0.717, 1.165) is 11.1 Å². The number of benzene rings is 1. The summed E-state index contributed by atoms with van der Waals surface area (Å²) in [4.78, 5) is 0. The van der Waals surface area contributed by atoms with Gasteiger partial charge in [0, 0.05) is 0 Å². The van der Waals surface area contributed by atoms with E-state index in [1.54, 1.807) is 12.1 Å². The molecule has 0 aliphatic carbocycles. The molecule has 0 aliphatic heterocycles. The molecule has 0 atom stereocenters. The van der Waals surface area contributed by atoms with Crippen molar-refractivity contribution in [2.24, 2.45) is 0 Å². The monoisotopic (exact) mass is 210 g/mol. The van der Waals surface area contributed by atoms with Crippen LogP contribution >= 0.6 is 0 Å². The van der Waals surface area contributed by atoms with Gasteiger partial charge in [0.15, 0.2) is 11.6 Å². The fourth-order valence-electron chi connectivity index (χ4n) is 1.64. The highest BCUT2D eigenvalue weighted by Crippen LogP contribution is 2.27. The molecule has 0 saturated carbocycles. The lowest BCUT2D eigenvalue weighted by Gasteiger charge is -2.15. The van der Waals surface area contributed by atoms with Crippen molar-refractivity contribution in [1.29, 1.82) is 0 Å². The molecule has 1 rings (SSSR count). The average molecular weight is 210 g/mol. The van der Waals surface area contributed by atoms with Gasteiger partial charge >= 0.3 is 0 Å². The molecular formula is C13H19FO. The Bertz CT molecular complexity index is 343. The van der Waals surface area contributed by atoms with Crippen molar-refractivity contribution in [1.82, 2.24) is 0 Å². The molecule has 0 saturated heterocycles. The Labute approximate surface area is 91.3 Å². The van der Waals surface area contributed by atoms with E-state index in [2.05, 4.69) is 13.8 Å². The SMILES string of the molecule is Cc1cc(OC(C)C)c(F)cc1C(C)C. The average Bonchev–Trinajstić information content (AvgIpc) is 2.09. The van der Waals surface area contributed by atoms with E-state index in [4.69, 9.17) is 4.74 Å². The predicted molar refractivity (Wildman–Crippen MR) is 61.0 cm³/mol. The minimum Gasteiger partial charge on any atom is -0.488 e. The first-order valence-corrected chi connectivity index (χ1v) is 5.38. The van der Waals surface area contributed by atoms with Crippen LogP contribution in [0.25, 0.3) is 0 Å². The Kier molecular flexibility index (Phi) is 3.72. The summed E-state index contributed by atoms with van der Waals surface area (Å²) in [6.45, 7) is 9.90. The zero-order valence-electron chi connectivity index (χ0n) is 10.1. The van der Waals surface area contributed by atoms with E-state index in [-0.39, 0.29) is 11.9 Å². The molecule has 0 N–H and O–H groups in total. The van der Waals surface area contributed by atoms with Crippen molar-refractivity contribution in [3.05, 3.63) is 29.1 Å². The van der Waals surface area contributed by atoms with Gasteiger partial charge in [0.05, 0.1) is 6.10 Å². The molecule has 0 fully saturated rings. The van der Waals surface area contributed by atoms with Gasteiger partial charge in [-0.2, -0.15) is 0 Å². The minimum atomic E-state index is -0.266. The zero-order chi connectivity index (χ0) is 11.6. The first kappa shape index (κ1) is 12.0. The quantitative estimate of drug-likeness (QED) is 0.731. The molecule has 1 aromatic carbocycles. The van der Waals surface area contributed by atoms with Gasteiger partial charge in [-0.1, -0.05) is 13.8 Å². The third-order valence-electron chi connectivity index (χ3n) is 2.31. The lowest BCUT2D eigenvalue weighted by Crippen LogP contribution is -2.08. The molecule has 0 heterocycles. The smallest absolute Gasteiger partial charge is 0.165 e. The summed E-state index contributed by atoms with van der Waals surface area (Å²) in [7, 11) is 0. The Morgan fingerprint density at radius 1 is 1.13 bits per heavy atom. The first-order valence-electron chi connectivity index (χ1n) is 5.38. The third-order valence-corrected chi connectivity index (χ3v) is 2.31. The van der Waals surface area contributed by atoms with Gasteiger partial charge in [-0.25, -0.2) is 4.39 Å². The molecule has 84 valence electrons. The maximum atomic E-state index is 13.6. The van der Waals surface area contributed by atoms with Crippen LogP contribution in [0.5, 0.6) is 5.75 Å². The Morgan fingerprint density at radius 3 is 2.20 bits per heavy atom. The van der Waals surface area contributed by atoms with Gasteiger partial charge in [0.25, 0.3) is 0 Å². The van der Waals surface area contributed by atoms with Gasteiger partial charge in [0.2, 0.25) is 0 Å². The minimum absolute atomic E-state index is 0.00352. The van der Waals surface area contributed by atoms with Crippen molar-refractivity contribution in [3.63, 3.8) is 0 Å². The maximum absolute atomic E-state index is 13.6. The highest BCUT2D eigenvalue weighted by Gasteiger charge is 2.11. The van der Waals surface area contributed by atoms with Crippen LogP contribution in [-0.2, 0) is 0 Å².